The van der Waals surface area contributed by atoms with Crippen LogP contribution in [0.4, 0.5) is 0 Å². The lowest BCUT2D eigenvalue weighted by molar-refractivity contribution is 0.148. The van der Waals surface area contributed by atoms with Crippen molar-refractivity contribution in [3.8, 4) is 0 Å². The number of fused-ring (bicyclic) bond motifs is 1. The first kappa shape index (κ1) is 2.99. The molecule has 0 bridgehead atoms. The summed E-state index contributed by atoms with van der Waals surface area (Å²) in [5.74, 6) is 0. The van der Waals surface area contributed by atoms with Crippen LogP contribution in [-0.2, 0) is 4.74 Å². The predicted octanol–water partition coefficient (Wildman–Crippen LogP) is -0.295. The van der Waals surface area contributed by atoms with Crippen LogP contribution in [0.3, 0.4) is 0 Å². The molecule has 1 saturated heterocycles. The molecule has 0 aromatic carbocycles. The second-order valence-electron chi connectivity index (χ2n) is 1.90. The van der Waals surface area contributed by atoms with Gasteiger partial charge in [-0.15, -0.1) is 0 Å². The molecule has 0 aromatic heterocycles. The minimum Gasteiger partial charge on any atom is -0.361 e. The topological polar surface area (TPSA) is 21.3 Å². The molecule has 6 heavy (non-hydrogen) atoms. The van der Waals surface area contributed by atoms with Gasteiger partial charge in [0.05, 0.1) is 12.8 Å². The normalized spacial score (nSPS) is 52.0. The lowest BCUT2D eigenvalue weighted by atomic mass is 10.7. The van der Waals surface area contributed by atoms with Crippen LogP contribution in [0.1, 0.15) is 6.42 Å². The minimum atomic E-state index is 0.602. The summed E-state index contributed by atoms with van der Waals surface area (Å²) < 4.78 is 5.12. The molecule has 2 unspecified atom stereocenters. The first-order chi connectivity index (χ1) is 2.97. The largest absolute Gasteiger partial charge is 0.361 e. The van der Waals surface area contributed by atoms with Crippen LogP contribution in [0.5, 0.6) is 0 Å². The van der Waals surface area contributed by atoms with Gasteiger partial charge < -0.3 is 4.74 Å². The minimum absolute atomic E-state index is 0.602. The van der Waals surface area contributed by atoms with Crippen LogP contribution in [0, 0.1) is 0 Å². The summed E-state index contributed by atoms with van der Waals surface area (Å²) in [7, 11) is 0. The summed E-state index contributed by atoms with van der Waals surface area (Å²) in [5.41, 5.74) is 0. The van der Waals surface area contributed by atoms with Crippen molar-refractivity contribution < 1.29 is 4.74 Å². The monoisotopic (exact) mass is 85.1 g/mol. The maximum absolute atomic E-state index is 5.12. The Morgan fingerprint density at radius 3 is 2.83 bits per heavy atom. The smallest absolute Gasteiger partial charge is 0.0972 e. The van der Waals surface area contributed by atoms with Gasteiger partial charge in [0, 0.05) is 6.04 Å². The van der Waals surface area contributed by atoms with Crippen molar-refractivity contribution >= 4 is 0 Å². The first-order valence-electron chi connectivity index (χ1n) is 2.32. The van der Waals surface area contributed by atoms with Crippen LogP contribution in [0.25, 0.3) is 0 Å². The van der Waals surface area contributed by atoms with Gasteiger partial charge >= 0.3 is 0 Å². The fraction of sp³-hybridized carbons (Fsp3) is 1.00. The molecule has 2 heteroatoms. The Balaban J connectivity index is 2.09. The highest BCUT2D eigenvalue weighted by Gasteiger charge is 2.42. The quantitative estimate of drug-likeness (QED) is 0.436. The Hall–Kier alpha value is -0.0800. The molecule has 1 aliphatic carbocycles. The van der Waals surface area contributed by atoms with Gasteiger partial charge in [0.2, 0.25) is 0 Å². The molecule has 0 aromatic rings. The van der Waals surface area contributed by atoms with Crippen LogP contribution < -0.4 is 5.32 Å². The van der Waals surface area contributed by atoms with Gasteiger partial charge in [-0.05, 0) is 6.42 Å². The highest BCUT2D eigenvalue weighted by Crippen LogP contribution is 2.28. The lowest BCUT2D eigenvalue weighted by Crippen LogP contribution is -2.11. The van der Waals surface area contributed by atoms with E-state index < -0.39 is 0 Å². The predicted molar refractivity (Wildman–Crippen MR) is 21.3 cm³/mol. The Morgan fingerprint density at radius 1 is 1.67 bits per heavy atom. The zero-order valence-corrected chi connectivity index (χ0v) is 3.48. The van der Waals surface area contributed by atoms with E-state index >= 15 is 0 Å². The molecule has 1 N–H and O–H groups in total. The second-order valence-corrected chi connectivity index (χ2v) is 1.90. The van der Waals surface area contributed by atoms with E-state index in [1.54, 1.807) is 0 Å². The second kappa shape index (κ2) is 0.768. The SMILES string of the molecule is C1NC2CC2O1. The first-order valence-corrected chi connectivity index (χ1v) is 2.32. The Bertz CT molecular complexity index is 65.9. The molecule has 1 aliphatic heterocycles. The Labute approximate surface area is 36.5 Å². The van der Waals surface area contributed by atoms with Crippen molar-refractivity contribution in [3.63, 3.8) is 0 Å². The zero-order chi connectivity index (χ0) is 3.98. The molecule has 2 rings (SSSR count). The molecular formula is C4H7NO. The van der Waals surface area contributed by atoms with E-state index in [1.165, 1.54) is 6.42 Å². The van der Waals surface area contributed by atoms with Crippen molar-refractivity contribution in [2.75, 3.05) is 6.73 Å². The maximum Gasteiger partial charge on any atom is 0.0972 e. The van der Waals surface area contributed by atoms with Gasteiger partial charge in [-0.25, -0.2) is 0 Å². The van der Waals surface area contributed by atoms with Gasteiger partial charge in [-0.3, -0.25) is 5.32 Å². The summed E-state index contributed by atoms with van der Waals surface area (Å²) >= 11 is 0. The van der Waals surface area contributed by atoms with Crippen LogP contribution in [0.2, 0.25) is 0 Å². The number of nitrogens with one attached hydrogen (secondary N) is 1. The number of hydrogen-bond donors (Lipinski definition) is 1. The molecule has 0 amide bonds. The summed E-state index contributed by atoms with van der Waals surface area (Å²) in [6.07, 6.45) is 1.85. The fourth-order valence-corrected chi connectivity index (χ4v) is 0.833. The lowest BCUT2D eigenvalue weighted by Gasteiger charge is -1.88. The molecule has 0 radical (unpaired) electrons. The van der Waals surface area contributed by atoms with E-state index in [9.17, 15) is 0 Å². The van der Waals surface area contributed by atoms with Crippen molar-refractivity contribution in [1.82, 2.24) is 5.32 Å². The third-order valence-corrected chi connectivity index (χ3v) is 1.37. The standard InChI is InChI=1S/C4H7NO/c1-3-4(1)6-2-5-3/h3-5H,1-2H2. The summed E-state index contributed by atoms with van der Waals surface area (Å²) in [5, 5.41) is 3.17. The van der Waals surface area contributed by atoms with Crippen molar-refractivity contribution in [2.24, 2.45) is 0 Å². The molecule has 2 atom stereocenters. The van der Waals surface area contributed by atoms with E-state index in [-0.39, 0.29) is 0 Å². The molecule has 1 saturated carbocycles. The third kappa shape index (κ3) is 0.235. The molecule has 2 aliphatic rings. The summed E-state index contributed by atoms with van der Waals surface area (Å²) in [4.78, 5) is 0. The van der Waals surface area contributed by atoms with E-state index in [2.05, 4.69) is 5.32 Å². The number of ether oxygens (including phenoxy) is 1. The van der Waals surface area contributed by atoms with Gasteiger partial charge in [-0.1, -0.05) is 0 Å². The number of hydrogen-bond acceptors (Lipinski definition) is 2. The van der Waals surface area contributed by atoms with Gasteiger partial charge in [0.15, 0.2) is 0 Å². The van der Waals surface area contributed by atoms with E-state index in [0.29, 0.717) is 6.10 Å². The number of rotatable bonds is 0. The zero-order valence-electron chi connectivity index (χ0n) is 3.48. The van der Waals surface area contributed by atoms with Gasteiger partial charge in [0.25, 0.3) is 0 Å². The van der Waals surface area contributed by atoms with Crippen LogP contribution >= 0.6 is 0 Å². The highest BCUT2D eigenvalue weighted by molar-refractivity contribution is 4.97. The Kier molecular flexibility index (Phi) is 0.383. The summed E-state index contributed by atoms with van der Waals surface area (Å²) in [6, 6.07) is 0.741. The molecule has 1 heterocycles. The third-order valence-electron chi connectivity index (χ3n) is 1.37. The van der Waals surface area contributed by atoms with E-state index in [1.807, 2.05) is 0 Å². The molecule has 2 nitrogen and oxygen atoms in total. The van der Waals surface area contributed by atoms with Crippen LogP contribution in [0.15, 0.2) is 0 Å². The molecule has 2 fully saturated rings. The Morgan fingerprint density at radius 2 is 2.67 bits per heavy atom. The van der Waals surface area contributed by atoms with E-state index in [4.69, 9.17) is 4.74 Å². The van der Waals surface area contributed by atoms with Gasteiger partial charge in [-0.2, -0.15) is 0 Å². The van der Waals surface area contributed by atoms with Crippen molar-refractivity contribution in [3.05, 3.63) is 0 Å². The van der Waals surface area contributed by atoms with Gasteiger partial charge in [0.1, 0.15) is 0 Å². The summed E-state index contributed by atoms with van der Waals surface area (Å²) in [6.45, 7) is 0.787. The van der Waals surface area contributed by atoms with Crippen molar-refractivity contribution in [2.45, 2.75) is 18.6 Å². The van der Waals surface area contributed by atoms with Crippen molar-refractivity contribution in [1.29, 1.82) is 0 Å². The average Bonchev–Trinajstić information content (AvgIpc) is 2.17. The van der Waals surface area contributed by atoms with E-state index in [0.717, 1.165) is 12.8 Å². The van der Waals surface area contributed by atoms with Crippen LogP contribution in [-0.4, -0.2) is 18.9 Å². The average molecular weight is 85.1 g/mol. The highest BCUT2D eigenvalue weighted by atomic mass is 16.5. The molecular weight excluding hydrogens is 78.0 g/mol. The maximum atomic E-state index is 5.12. The fourth-order valence-electron chi connectivity index (χ4n) is 0.833. The molecule has 0 spiro atoms. The molecule has 34 valence electrons.